The Kier molecular flexibility index (Phi) is 7.78. The molecule has 1 aliphatic heterocycles. The number of fused-ring (bicyclic) bond motifs is 1. The number of methoxy groups -OCH3 is 1. The second-order valence-corrected chi connectivity index (χ2v) is 10.3. The van der Waals surface area contributed by atoms with Crippen molar-refractivity contribution in [1.82, 2.24) is 24.6 Å². The number of anilines is 1. The van der Waals surface area contributed by atoms with Crippen LogP contribution in [0.25, 0.3) is 28.1 Å². The molecule has 2 aromatic heterocycles. The van der Waals surface area contributed by atoms with E-state index in [1.54, 1.807) is 22.6 Å². The summed E-state index contributed by atoms with van der Waals surface area (Å²) in [4.78, 5) is 37.0. The van der Waals surface area contributed by atoms with Crippen molar-refractivity contribution in [2.24, 2.45) is 0 Å². The first-order valence-corrected chi connectivity index (χ1v) is 14.1. The number of hydrogen-bond acceptors (Lipinski definition) is 7. The average Bonchev–Trinajstić information content (AvgIpc) is 3.19. The molecule has 10 nitrogen and oxygen atoms in total. The summed E-state index contributed by atoms with van der Waals surface area (Å²) in [5.41, 5.74) is 3.19. The standard InChI is InChI=1S/C32H31FN6O4/c1-21-28-29(39(36-21)23-12-7-4-8-13-23)31(40)35-30(34-28)24-18-25(33)26(19-27(24)42-2)37-14-9-15-38(17-16-37)32(41)43-20-22-10-5-3-6-11-22/h3-8,10-13,18-19H,9,14-17,20H2,1-2H3,(H,34,35,40). The number of halogens is 1. The van der Waals surface area contributed by atoms with Gasteiger partial charge in [-0.1, -0.05) is 48.5 Å². The number of H-pyrrole nitrogens is 1. The van der Waals surface area contributed by atoms with E-state index in [1.807, 2.05) is 65.6 Å². The van der Waals surface area contributed by atoms with E-state index in [2.05, 4.69) is 15.1 Å². The third kappa shape index (κ3) is 5.66. The van der Waals surface area contributed by atoms with Gasteiger partial charge >= 0.3 is 6.09 Å². The van der Waals surface area contributed by atoms with Gasteiger partial charge in [0.25, 0.3) is 5.56 Å². The third-order valence-electron chi connectivity index (χ3n) is 7.52. The van der Waals surface area contributed by atoms with Crippen LogP contribution in [0.4, 0.5) is 14.9 Å². The Morgan fingerprint density at radius 3 is 2.49 bits per heavy atom. The highest BCUT2D eigenvalue weighted by Crippen LogP contribution is 2.35. The van der Waals surface area contributed by atoms with Crippen LogP contribution in [-0.4, -0.2) is 64.0 Å². The van der Waals surface area contributed by atoms with Gasteiger partial charge in [-0.25, -0.2) is 18.9 Å². The van der Waals surface area contributed by atoms with E-state index < -0.39 is 17.5 Å². The van der Waals surface area contributed by atoms with Crippen LogP contribution in [0.5, 0.6) is 5.75 Å². The Morgan fingerprint density at radius 1 is 1.00 bits per heavy atom. The lowest BCUT2D eigenvalue weighted by atomic mass is 10.1. The van der Waals surface area contributed by atoms with Crippen molar-refractivity contribution in [3.8, 4) is 22.8 Å². The average molecular weight is 583 g/mol. The number of nitrogens with one attached hydrogen (secondary N) is 1. The largest absolute Gasteiger partial charge is 0.496 e. The molecule has 0 atom stereocenters. The topological polar surface area (TPSA) is 106 Å². The lowest BCUT2D eigenvalue weighted by Crippen LogP contribution is -2.35. The van der Waals surface area contributed by atoms with Gasteiger partial charge in [0.15, 0.2) is 5.52 Å². The number of rotatable bonds is 6. The van der Waals surface area contributed by atoms with Gasteiger partial charge in [0.1, 0.15) is 29.5 Å². The number of aromatic nitrogens is 4. The molecule has 1 fully saturated rings. The van der Waals surface area contributed by atoms with Gasteiger partial charge in [0.2, 0.25) is 0 Å². The first-order chi connectivity index (χ1) is 20.9. The number of carbonyl (C=O) groups is 1. The summed E-state index contributed by atoms with van der Waals surface area (Å²) in [6, 6.07) is 21.8. The van der Waals surface area contributed by atoms with Gasteiger partial charge in [0, 0.05) is 32.2 Å². The number of ether oxygens (including phenoxy) is 2. The highest BCUT2D eigenvalue weighted by molar-refractivity contribution is 5.81. The molecule has 0 bridgehead atoms. The summed E-state index contributed by atoms with van der Waals surface area (Å²) in [6.07, 6.45) is 0.246. The van der Waals surface area contributed by atoms with Crippen LogP contribution in [0.15, 0.2) is 77.6 Å². The molecule has 0 unspecified atom stereocenters. The van der Waals surface area contributed by atoms with Gasteiger partial charge in [-0.15, -0.1) is 0 Å². The zero-order chi connectivity index (χ0) is 29.9. The summed E-state index contributed by atoms with van der Waals surface area (Å²) in [7, 11) is 1.49. The number of para-hydroxylation sites is 1. The Balaban J connectivity index is 1.24. The molecule has 0 spiro atoms. The zero-order valence-corrected chi connectivity index (χ0v) is 23.9. The summed E-state index contributed by atoms with van der Waals surface area (Å²) in [5, 5.41) is 4.53. The van der Waals surface area contributed by atoms with E-state index in [0.717, 1.165) is 11.3 Å². The molecular formula is C32H31FN6O4. The molecule has 43 heavy (non-hydrogen) atoms. The molecule has 1 N–H and O–H groups in total. The van der Waals surface area contributed by atoms with Crippen LogP contribution in [0.3, 0.4) is 0 Å². The molecule has 6 rings (SSSR count). The maximum atomic E-state index is 15.7. The molecule has 3 aromatic carbocycles. The Hall–Kier alpha value is -5.19. The second-order valence-electron chi connectivity index (χ2n) is 10.3. The van der Waals surface area contributed by atoms with Crippen LogP contribution in [0.2, 0.25) is 0 Å². The minimum Gasteiger partial charge on any atom is -0.496 e. The van der Waals surface area contributed by atoms with E-state index in [4.69, 9.17) is 9.47 Å². The van der Waals surface area contributed by atoms with Crippen LogP contribution in [-0.2, 0) is 11.3 Å². The molecule has 0 radical (unpaired) electrons. The number of aryl methyl sites for hydroxylation is 1. The predicted molar refractivity (Wildman–Crippen MR) is 161 cm³/mol. The van der Waals surface area contributed by atoms with E-state index in [0.29, 0.717) is 66.3 Å². The Morgan fingerprint density at radius 2 is 1.74 bits per heavy atom. The summed E-state index contributed by atoms with van der Waals surface area (Å²) >= 11 is 0. The van der Waals surface area contributed by atoms with Crippen molar-refractivity contribution in [1.29, 1.82) is 0 Å². The number of benzene rings is 3. The number of hydrogen-bond donors (Lipinski definition) is 1. The monoisotopic (exact) mass is 582 g/mol. The molecule has 1 saturated heterocycles. The van der Waals surface area contributed by atoms with Crippen molar-refractivity contribution in [2.45, 2.75) is 20.0 Å². The highest BCUT2D eigenvalue weighted by atomic mass is 19.1. The number of amides is 1. The molecule has 220 valence electrons. The Bertz CT molecular complexity index is 1820. The fraction of sp³-hybridized carbons (Fsp3) is 0.250. The molecule has 1 amide bonds. The van der Waals surface area contributed by atoms with Crippen molar-refractivity contribution < 1.29 is 18.7 Å². The summed E-state index contributed by atoms with van der Waals surface area (Å²) < 4.78 is 28.4. The first kappa shape index (κ1) is 28.0. The summed E-state index contributed by atoms with van der Waals surface area (Å²) in [5.74, 6) is 0.0458. The van der Waals surface area contributed by atoms with Gasteiger partial charge in [-0.05, 0) is 37.1 Å². The van der Waals surface area contributed by atoms with Crippen LogP contribution < -0.4 is 15.2 Å². The van der Waals surface area contributed by atoms with Gasteiger partial charge in [0.05, 0.1) is 29.7 Å². The highest BCUT2D eigenvalue weighted by Gasteiger charge is 2.25. The maximum absolute atomic E-state index is 15.7. The molecule has 0 saturated carbocycles. The van der Waals surface area contributed by atoms with Crippen LogP contribution >= 0.6 is 0 Å². The lowest BCUT2D eigenvalue weighted by molar-refractivity contribution is 0.0986. The van der Waals surface area contributed by atoms with E-state index in [9.17, 15) is 9.59 Å². The quantitative estimate of drug-likeness (QED) is 0.298. The Labute approximate surface area is 247 Å². The van der Waals surface area contributed by atoms with Crippen LogP contribution in [0.1, 0.15) is 17.7 Å². The molecule has 1 aliphatic rings. The molecular weight excluding hydrogens is 551 g/mol. The summed E-state index contributed by atoms with van der Waals surface area (Å²) in [6.45, 7) is 3.82. The predicted octanol–water partition coefficient (Wildman–Crippen LogP) is 5.08. The lowest BCUT2D eigenvalue weighted by Gasteiger charge is -2.25. The van der Waals surface area contributed by atoms with Crippen molar-refractivity contribution in [2.75, 3.05) is 38.2 Å². The molecule has 3 heterocycles. The van der Waals surface area contributed by atoms with Crippen molar-refractivity contribution >= 4 is 22.8 Å². The van der Waals surface area contributed by atoms with Gasteiger partial charge in [-0.3, -0.25) is 4.79 Å². The second kappa shape index (κ2) is 12.0. The smallest absolute Gasteiger partial charge is 0.410 e. The molecule has 11 heteroatoms. The van der Waals surface area contributed by atoms with E-state index >= 15 is 4.39 Å². The number of nitrogens with zero attached hydrogens (tertiary/aromatic N) is 5. The van der Waals surface area contributed by atoms with E-state index in [1.165, 1.54) is 13.2 Å². The fourth-order valence-electron chi connectivity index (χ4n) is 5.34. The normalized spacial score (nSPS) is 13.7. The van der Waals surface area contributed by atoms with E-state index in [-0.39, 0.29) is 12.4 Å². The third-order valence-corrected chi connectivity index (χ3v) is 7.52. The minimum atomic E-state index is -0.490. The van der Waals surface area contributed by atoms with Crippen LogP contribution in [0, 0.1) is 12.7 Å². The maximum Gasteiger partial charge on any atom is 0.410 e. The minimum absolute atomic E-state index is 0.179. The van der Waals surface area contributed by atoms with Crippen molar-refractivity contribution in [3.05, 3.63) is 100 Å². The first-order valence-electron chi connectivity index (χ1n) is 14.1. The molecule has 5 aromatic rings. The number of aromatic amines is 1. The SMILES string of the molecule is COc1cc(N2CCCN(C(=O)OCc3ccccc3)CC2)c(F)cc1-c1nc2c(C)nn(-c3ccccc3)c2c(=O)[nH]1. The zero-order valence-electron chi connectivity index (χ0n) is 23.9. The van der Waals surface area contributed by atoms with Gasteiger partial charge < -0.3 is 24.3 Å². The van der Waals surface area contributed by atoms with Gasteiger partial charge in [-0.2, -0.15) is 5.10 Å². The van der Waals surface area contributed by atoms with Crippen molar-refractivity contribution in [3.63, 3.8) is 0 Å². The fourth-order valence-corrected chi connectivity index (χ4v) is 5.34. The molecule has 0 aliphatic carbocycles. The number of carbonyl (C=O) groups excluding carboxylic acids is 1.